The first kappa shape index (κ1) is 24.1. The summed E-state index contributed by atoms with van der Waals surface area (Å²) in [4.78, 5) is 29.1. The van der Waals surface area contributed by atoms with Gasteiger partial charge in [0.2, 0.25) is 0 Å². The van der Waals surface area contributed by atoms with Crippen molar-refractivity contribution in [1.29, 1.82) is 0 Å². The second kappa shape index (κ2) is 9.87. The highest BCUT2D eigenvalue weighted by atomic mass is 16.6. The van der Waals surface area contributed by atoms with E-state index in [-0.39, 0.29) is 11.2 Å². The van der Waals surface area contributed by atoms with Crippen molar-refractivity contribution in [2.45, 2.75) is 13.5 Å². The molecule has 190 valence electrons. The summed E-state index contributed by atoms with van der Waals surface area (Å²) in [5.74, 6) is 0.437. The first-order valence-electron chi connectivity index (χ1n) is 12.6. The van der Waals surface area contributed by atoms with Gasteiger partial charge in [0.1, 0.15) is 5.82 Å². The van der Waals surface area contributed by atoms with Crippen molar-refractivity contribution in [3.63, 3.8) is 0 Å². The second-order valence-corrected chi connectivity index (χ2v) is 9.32. The highest BCUT2D eigenvalue weighted by Crippen LogP contribution is 2.29. The van der Waals surface area contributed by atoms with Crippen molar-refractivity contribution >= 4 is 39.6 Å². The van der Waals surface area contributed by atoms with Crippen LogP contribution in [-0.4, -0.2) is 19.0 Å². The fourth-order valence-electron chi connectivity index (χ4n) is 5.03. The lowest BCUT2D eigenvalue weighted by Crippen LogP contribution is -2.22. The largest absolute Gasteiger partial charge is 0.340 e. The molecule has 6 rings (SSSR count). The van der Waals surface area contributed by atoms with Crippen LogP contribution in [0.5, 0.6) is 0 Å². The highest BCUT2D eigenvalue weighted by molar-refractivity contribution is 5.94. The zero-order valence-corrected chi connectivity index (χ0v) is 21.2. The van der Waals surface area contributed by atoms with Gasteiger partial charge in [0, 0.05) is 40.8 Å². The minimum absolute atomic E-state index is 0.0421. The second-order valence-electron chi connectivity index (χ2n) is 9.32. The predicted octanol–water partition coefficient (Wildman–Crippen LogP) is 6.78. The number of para-hydroxylation sites is 2. The number of nitrogens with zero attached hydrogens (tertiary/aromatic N) is 4. The summed E-state index contributed by atoms with van der Waals surface area (Å²) in [5, 5.41) is 12.8. The molecule has 6 aromatic rings. The van der Waals surface area contributed by atoms with Crippen molar-refractivity contribution in [3.05, 3.63) is 146 Å². The van der Waals surface area contributed by atoms with Crippen LogP contribution in [0.25, 0.3) is 39.6 Å². The van der Waals surface area contributed by atoms with Gasteiger partial charge in [-0.1, -0.05) is 60.7 Å². The third-order valence-electron chi connectivity index (χ3n) is 6.98. The molecule has 0 N–H and O–H groups in total. The number of rotatable bonds is 6. The number of hydrogen-bond acceptors (Lipinski definition) is 4. The van der Waals surface area contributed by atoms with Crippen LogP contribution in [0.2, 0.25) is 0 Å². The first-order chi connectivity index (χ1) is 19.0. The Hall–Kier alpha value is -5.30. The van der Waals surface area contributed by atoms with E-state index in [2.05, 4.69) is 35.8 Å². The van der Waals surface area contributed by atoms with Crippen LogP contribution in [0.3, 0.4) is 0 Å². The molecule has 0 aliphatic heterocycles. The maximum absolute atomic E-state index is 13.6. The molecule has 0 spiro atoms. The molecule has 0 fully saturated rings. The lowest BCUT2D eigenvalue weighted by molar-refractivity contribution is -0.384. The van der Waals surface area contributed by atoms with E-state index in [1.165, 1.54) is 22.3 Å². The molecule has 2 aromatic heterocycles. The number of non-ortho nitro benzene ring substituents is 1. The third kappa shape index (κ3) is 4.40. The molecule has 0 amide bonds. The smallest absolute Gasteiger partial charge is 0.269 e. The number of fused-ring (bicyclic) bond motifs is 2. The van der Waals surface area contributed by atoms with E-state index in [1.807, 2.05) is 54.6 Å². The topological polar surface area (TPSA) is 83.0 Å². The number of benzene rings is 4. The molecule has 39 heavy (non-hydrogen) atoms. The Balaban J connectivity index is 1.51. The lowest BCUT2D eigenvalue weighted by Gasteiger charge is -2.11. The molecule has 0 saturated carbocycles. The van der Waals surface area contributed by atoms with E-state index in [1.54, 1.807) is 24.3 Å². The molecule has 2 heterocycles. The normalized spacial score (nSPS) is 11.5. The van der Waals surface area contributed by atoms with E-state index < -0.39 is 4.92 Å². The van der Waals surface area contributed by atoms with Crippen molar-refractivity contribution in [2.24, 2.45) is 0 Å². The van der Waals surface area contributed by atoms with Crippen LogP contribution >= 0.6 is 0 Å². The van der Waals surface area contributed by atoms with Gasteiger partial charge in [0.25, 0.3) is 11.2 Å². The molecule has 4 aromatic carbocycles. The van der Waals surface area contributed by atoms with Gasteiger partial charge < -0.3 is 4.57 Å². The Kier molecular flexibility index (Phi) is 6.09. The predicted molar refractivity (Wildman–Crippen MR) is 155 cm³/mol. The van der Waals surface area contributed by atoms with E-state index in [0.717, 1.165) is 28.7 Å². The lowest BCUT2D eigenvalue weighted by atomic mass is 10.1. The van der Waals surface area contributed by atoms with Gasteiger partial charge in [-0.2, -0.15) is 0 Å². The third-order valence-corrected chi connectivity index (χ3v) is 6.98. The Morgan fingerprint density at radius 3 is 2.23 bits per heavy atom. The summed E-state index contributed by atoms with van der Waals surface area (Å²) in [7, 11) is 0. The number of nitro groups is 1. The molecule has 0 aliphatic rings. The van der Waals surface area contributed by atoms with Crippen molar-refractivity contribution < 1.29 is 4.92 Å². The van der Waals surface area contributed by atoms with Gasteiger partial charge in [-0.25, -0.2) is 4.98 Å². The van der Waals surface area contributed by atoms with Crippen molar-refractivity contribution in [3.8, 4) is 5.69 Å². The molecule has 7 nitrogen and oxygen atoms in total. The van der Waals surface area contributed by atoms with Crippen LogP contribution in [0.4, 0.5) is 5.69 Å². The minimum Gasteiger partial charge on any atom is -0.340 e. The SMILES string of the molecule is Cc1c(/C=C/c2nc3ccccc3c(=O)n2-c2ccc([N+](=O)[O-])cc2)c2ccccc2n1Cc1ccccc1. The maximum Gasteiger partial charge on any atom is 0.269 e. The number of nitro benzene ring substituents is 1. The van der Waals surface area contributed by atoms with E-state index >= 15 is 0 Å². The molecule has 0 unspecified atom stereocenters. The highest BCUT2D eigenvalue weighted by Gasteiger charge is 2.15. The Morgan fingerprint density at radius 2 is 1.49 bits per heavy atom. The van der Waals surface area contributed by atoms with Gasteiger partial charge in [-0.05, 0) is 55.0 Å². The summed E-state index contributed by atoms with van der Waals surface area (Å²) >= 11 is 0. The van der Waals surface area contributed by atoms with Crippen molar-refractivity contribution in [2.75, 3.05) is 0 Å². The van der Waals surface area contributed by atoms with E-state index in [0.29, 0.717) is 22.4 Å². The minimum atomic E-state index is -0.458. The van der Waals surface area contributed by atoms with Gasteiger partial charge in [-0.3, -0.25) is 19.5 Å². The summed E-state index contributed by atoms with van der Waals surface area (Å²) in [6.07, 6.45) is 3.84. The zero-order valence-electron chi connectivity index (χ0n) is 21.2. The van der Waals surface area contributed by atoms with E-state index in [9.17, 15) is 14.9 Å². The maximum atomic E-state index is 13.6. The molecule has 0 saturated heterocycles. The quantitative estimate of drug-likeness (QED) is 0.182. The molecule has 7 heteroatoms. The molecule has 0 atom stereocenters. The van der Waals surface area contributed by atoms with Gasteiger partial charge >= 0.3 is 0 Å². The average Bonchev–Trinajstić information content (AvgIpc) is 3.23. The Morgan fingerprint density at radius 1 is 0.821 bits per heavy atom. The molecule has 0 aliphatic carbocycles. The van der Waals surface area contributed by atoms with Crippen LogP contribution in [0.15, 0.2) is 108 Å². The Bertz CT molecular complexity index is 1940. The summed E-state index contributed by atoms with van der Waals surface area (Å²) in [5.41, 5.74) is 5.28. The van der Waals surface area contributed by atoms with E-state index in [4.69, 9.17) is 4.98 Å². The first-order valence-corrected chi connectivity index (χ1v) is 12.6. The standard InChI is InChI=1S/C32H24N4O3/c1-22-26(27-11-6-8-14-30(27)34(22)21-23-9-3-2-4-10-23)19-20-31-33-29-13-7-5-12-28(29)32(37)35(31)24-15-17-25(18-16-24)36(38)39/h2-20H,21H2,1H3/b20-19+. The monoisotopic (exact) mass is 512 g/mol. The van der Waals surface area contributed by atoms with Crippen LogP contribution in [0.1, 0.15) is 22.6 Å². The molecule has 0 radical (unpaired) electrons. The van der Waals surface area contributed by atoms with Crippen LogP contribution in [-0.2, 0) is 6.54 Å². The summed E-state index contributed by atoms with van der Waals surface area (Å²) in [6.45, 7) is 2.84. The fourth-order valence-corrected chi connectivity index (χ4v) is 5.03. The number of aromatic nitrogens is 3. The van der Waals surface area contributed by atoms with Gasteiger partial charge in [-0.15, -0.1) is 0 Å². The average molecular weight is 513 g/mol. The van der Waals surface area contributed by atoms with Crippen LogP contribution < -0.4 is 5.56 Å². The molecule has 0 bridgehead atoms. The molecular formula is C32H24N4O3. The molecular weight excluding hydrogens is 488 g/mol. The summed E-state index contributed by atoms with van der Waals surface area (Å²) < 4.78 is 3.79. The van der Waals surface area contributed by atoms with Gasteiger partial charge in [0.05, 0.1) is 21.5 Å². The number of hydrogen-bond donors (Lipinski definition) is 0. The van der Waals surface area contributed by atoms with Crippen molar-refractivity contribution in [1.82, 2.24) is 14.1 Å². The summed E-state index contributed by atoms with van der Waals surface area (Å²) in [6, 6.07) is 31.7. The van der Waals surface area contributed by atoms with Gasteiger partial charge in [0.15, 0.2) is 0 Å². The Labute approximate surface area is 224 Å². The zero-order chi connectivity index (χ0) is 26.9. The fraction of sp³-hybridized carbons (Fsp3) is 0.0625. The van der Waals surface area contributed by atoms with Crippen LogP contribution in [0, 0.1) is 17.0 Å².